The Morgan fingerprint density at radius 2 is 2.12 bits per heavy atom. The summed E-state index contributed by atoms with van der Waals surface area (Å²) in [6, 6.07) is 3.64. The van der Waals surface area contributed by atoms with Crippen molar-refractivity contribution in [3.63, 3.8) is 0 Å². The Morgan fingerprint density at radius 1 is 1.31 bits per heavy atom. The normalized spacial score (nSPS) is 15.4. The number of hydrogen-bond donors (Lipinski definition) is 0. The summed E-state index contributed by atoms with van der Waals surface area (Å²) in [7, 11) is 0. The van der Waals surface area contributed by atoms with Crippen molar-refractivity contribution in [2.75, 3.05) is 0 Å². The van der Waals surface area contributed by atoms with E-state index < -0.39 is 0 Å². The highest BCUT2D eigenvalue weighted by Gasteiger charge is 2.29. The smallest absolute Gasteiger partial charge is 0.230 e. The molecular formula is C11H10ClN3O. The summed E-state index contributed by atoms with van der Waals surface area (Å²) in [5.41, 5.74) is 1.70. The van der Waals surface area contributed by atoms with Gasteiger partial charge in [0.2, 0.25) is 11.7 Å². The van der Waals surface area contributed by atoms with Crippen LogP contribution in [0.2, 0.25) is 5.15 Å². The van der Waals surface area contributed by atoms with E-state index in [1.807, 2.05) is 13.0 Å². The first-order chi connectivity index (χ1) is 7.72. The molecule has 0 N–H and O–H groups in total. The highest BCUT2D eigenvalue weighted by molar-refractivity contribution is 6.29. The molecule has 0 unspecified atom stereocenters. The maximum absolute atomic E-state index is 5.88. The lowest BCUT2D eigenvalue weighted by Crippen LogP contribution is -1.87. The van der Waals surface area contributed by atoms with Gasteiger partial charge < -0.3 is 4.52 Å². The summed E-state index contributed by atoms with van der Waals surface area (Å²) in [5.74, 6) is 1.80. The molecule has 1 fully saturated rings. The van der Waals surface area contributed by atoms with Crippen molar-refractivity contribution in [2.24, 2.45) is 0 Å². The number of halogens is 1. The van der Waals surface area contributed by atoms with E-state index in [1.165, 1.54) is 0 Å². The molecule has 0 amide bonds. The SMILES string of the molecule is Cc1cc(-c2noc(C3CC3)n2)cc(Cl)n1. The molecule has 0 spiro atoms. The van der Waals surface area contributed by atoms with Gasteiger partial charge in [0, 0.05) is 17.2 Å². The predicted octanol–water partition coefficient (Wildman–Crippen LogP) is 2.97. The van der Waals surface area contributed by atoms with Crippen LogP contribution < -0.4 is 0 Å². The molecule has 3 rings (SSSR count). The number of aromatic nitrogens is 3. The second-order valence-electron chi connectivity index (χ2n) is 4.05. The molecule has 2 aromatic heterocycles. The lowest BCUT2D eigenvalue weighted by atomic mass is 10.2. The fraction of sp³-hybridized carbons (Fsp3) is 0.364. The summed E-state index contributed by atoms with van der Waals surface area (Å²) >= 11 is 5.88. The van der Waals surface area contributed by atoms with Crippen molar-refractivity contribution in [3.8, 4) is 11.4 Å². The first kappa shape index (κ1) is 9.78. The molecule has 5 heteroatoms. The second kappa shape index (κ2) is 3.56. The van der Waals surface area contributed by atoms with Gasteiger partial charge in [0.05, 0.1) is 0 Å². The maximum Gasteiger partial charge on any atom is 0.230 e. The Kier molecular flexibility index (Phi) is 2.17. The summed E-state index contributed by atoms with van der Waals surface area (Å²) in [5, 5.41) is 4.41. The largest absolute Gasteiger partial charge is 0.339 e. The van der Waals surface area contributed by atoms with Gasteiger partial charge in [-0.15, -0.1) is 0 Å². The third-order valence-electron chi connectivity index (χ3n) is 2.55. The molecule has 0 bridgehead atoms. The first-order valence-electron chi connectivity index (χ1n) is 5.20. The third kappa shape index (κ3) is 1.80. The Hall–Kier alpha value is -1.42. The fourth-order valence-corrected chi connectivity index (χ4v) is 1.86. The van der Waals surface area contributed by atoms with Crippen LogP contribution in [-0.2, 0) is 0 Å². The average molecular weight is 236 g/mol. The monoisotopic (exact) mass is 235 g/mol. The van der Waals surface area contributed by atoms with E-state index in [1.54, 1.807) is 6.07 Å². The zero-order valence-electron chi connectivity index (χ0n) is 8.77. The minimum absolute atomic E-state index is 0.452. The van der Waals surface area contributed by atoms with Crippen LogP contribution in [0.15, 0.2) is 16.7 Å². The van der Waals surface area contributed by atoms with Crippen molar-refractivity contribution in [3.05, 3.63) is 28.9 Å². The number of rotatable bonds is 2. The summed E-state index contributed by atoms with van der Waals surface area (Å²) in [6.07, 6.45) is 2.30. The number of nitrogens with zero attached hydrogens (tertiary/aromatic N) is 3. The van der Waals surface area contributed by atoms with Crippen LogP contribution in [0.25, 0.3) is 11.4 Å². The Balaban J connectivity index is 2.00. The standard InChI is InChI=1S/C11H10ClN3O/c1-6-4-8(5-9(12)13-6)10-14-11(16-15-10)7-2-3-7/h4-5,7H,2-3H2,1H3. The van der Waals surface area contributed by atoms with Gasteiger partial charge in [0.15, 0.2) is 0 Å². The second-order valence-corrected chi connectivity index (χ2v) is 4.44. The first-order valence-corrected chi connectivity index (χ1v) is 5.58. The molecule has 1 saturated carbocycles. The molecule has 16 heavy (non-hydrogen) atoms. The molecule has 0 saturated heterocycles. The van der Waals surface area contributed by atoms with E-state index in [9.17, 15) is 0 Å². The van der Waals surface area contributed by atoms with E-state index in [0.717, 1.165) is 30.0 Å². The van der Waals surface area contributed by atoms with Crippen molar-refractivity contribution in [2.45, 2.75) is 25.7 Å². The van der Waals surface area contributed by atoms with Crippen molar-refractivity contribution >= 4 is 11.6 Å². The molecule has 2 aromatic rings. The topological polar surface area (TPSA) is 51.8 Å². The van der Waals surface area contributed by atoms with Crippen LogP contribution in [0.4, 0.5) is 0 Å². The van der Waals surface area contributed by atoms with E-state index in [0.29, 0.717) is 16.9 Å². The molecule has 0 aromatic carbocycles. The molecule has 0 radical (unpaired) electrons. The Bertz CT molecular complexity index is 514. The lowest BCUT2D eigenvalue weighted by molar-refractivity contribution is 0.380. The summed E-state index contributed by atoms with van der Waals surface area (Å²) < 4.78 is 5.20. The minimum atomic E-state index is 0.452. The molecule has 0 aliphatic heterocycles. The van der Waals surface area contributed by atoms with Gasteiger partial charge in [-0.1, -0.05) is 16.8 Å². The van der Waals surface area contributed by atoms with Crippen LogP contribution in [0.1, 0.15) is 30.3 Å². The number of aryl methyl sites for hydroxylation is 1. The van der Waals surface area contributed by atoms with Crippen molar-refractivity contribution < 1.29 is 4.52 Å². The van der Waals surface area contributed by atoms with Crippen LogP contribution in [0, 0.1) is 6.92 Å². The quantitative estimate of drug-likeness (QED) is 0.751. The molecule has 2 heterocycles. The third-order valence-corrected chi connectivity index (χ3v) is 2.74. The van der Waals surface area contributed by atoms with Crippen LogP contribution in [0.3, 0.4) is 0 Å². The van der Waals surface area contributed by atoms with E-state index in [2.05, 4.69) is 15.1 Å². The Labute approximate surface area is 97.7 Å². The van der Waals surface area contributed by atoms with Crippen LogP contribution in [-0.4, -0.2) is 15.1 Å². The number of hydrogen-bond acceptors (Lipinski definition) is 4. The zero-order valence-corrected chi connectivity index (χ0v) is 9.53. The fourth-order valence-electron chi connectivity index (χ4n) is 1.61. The lowest BCUT2D eigenvalue weighted by Gasteiger charge is -1.97. The van der Waals surface area contributed by atoms with Crippen molar-refractivity contribution in [1.82, 2.24) is 15.1 Å². The molecule has 4 nitrogen and oxygen atoms in total. The van der Waals surface area contributed by atoms with Gasteiger partial charge in [0.25, 0.3) is 0 Å². The Morgan fingerprint density at radius 3 is 2.81 bits per heavy atom. The average Bonchev–Trinajstić information content (AvgIpc) is 2.95. The summed E-state index contributed by atoms with van der Waals surface area (Å²) in [6.45, 7) is 1.89. The van der Waals surface area contributed by atoms with E-state index in [4.69, 9.17) is 16.1 Å². The molecule has 82 valence electrons. The number of pyridine rings is 1. The van der Waals surface area contributed by atoms with E-state index >= 15 is 0 Å². The predicted molar refractivity (Wildman–Crippen MR) is 59.3 cm³/mol. The van der Waals surface area contributed by atoms with Gasteiger partial charge in [-0.25, -0.2) is 4.98 Å². The van der Waals surface area contributed by atoms with Crippen LogP contribution >= 0.6 is 11.6 Å². The summed E-state index contributed by atoms with van der Waals surface area (Å²) in [4.78, 5) is 8.45. The highest BCUT2D eigenvalue weighted by atomic mass is 35.5. The van der Waals surface area contributed by atoms with Crippen molar-refractivity contribution in [1.29, 1.82) is 0 Å². The molecular weight excluding hydrogens is 226 g/mol. The van der Waals surface area contributed by atoms with Gasteiger partial charge in [-0.3, -0.25) is 0 Å². The van der Waals surface area contributed by atoms with Crippen LogP contribution in [0.5, 0.6) is 0 Å². The van der Waals surface area contributed by atoms with Gasteiger partial charge in [-0.2, -0.15) is 4.98 Å². The highest BCUT2D eigenvalue weighted by Crippen LogP contribution is 2.39. The molecule has 1 aliphatic rings. The van der Waals surface area contributed by atoms with Gasteiger partial charge in [0.1, 0.15) is 5.15 Å². The minimum Gasteiger partial charge on any atom is -0.339 e. The molecule has 1 aliphatic carbocycles. The van der Waals surface area contributed by atoms with Gasteiger partial charge in [-0.05, 0) is 31.9 Å². The maximum atomic E-state index is 5.88. The molecule has 0 atom stereocenters. The van der Waals surface area contributed by atoms with Gasteiger partial charge >= 0.3 is 0 Å². The van der Waals surface area contributed by atoms with E-state index in [-0.39, 0.29) is 0 Å². The zero-order chi connectivity index (χ0) is 11.1.